The Bertz CT molecular complexity index is 392. The van der Waals surface area contributed by atoms with Gasteiger partial charge in [0.15, 0.2) is 11.6 Å². The SMILES string of the molecule is COc1c(C(F)(F)F)ccc(B(O)O)c1F. The highest BCUT2D eigenvalue weighted by atomic mass is 19.4. The van der Waals surface area contributed by atoms with Gasteiger partial charge in [-0.25, -0.2) is 4.39 Å². The molecule has 0 aliphatic heterocycles. The highest BCUT2D eigenvalue weighted by Crippen LogP contribution is 2.36. The third kappa shape index (κ3) is 2.28. The summed E-state index contributed by atoms with van der Waals surface area (Å²) >= 11 is 0. The Hall–Kier alpha value is -1.28. The van der Waals surface area contributed by atoms with E-state index < -0.39 is 35.9 Å². The average molecular weight is 238 g/mol. The van der Waals surface area contributed by atoms with Gasteiger partial charge in [0.25, 0.3) is 0 Å². The fourth-order valence-corrected chi connectivity index (χ4v) is 1.19. The monoisotopic (exact) mass is 238 g/mol. The molecule has 0 spiro atoms. The molecule has 0 saturated heterocycles. The fraction of sp³-hybridized carbons (Fsp3) is 0.250. The molecule has 0 saturated carbocycles. The molecule has 0 heterocycles. The van der Waals surface area contributed by atoms with Crippen molar-refractivity contribution in [2.75, 3.05) is 7.11 Å². The highest BCUT2D eigenvalue weighted by molar-refractivity contribution is 6.58. The third-order valence-electron chi connectivity index (χ3n) is 1.91. The van der Waals surface area contributed by atoms with E-state index in [9.17, 15) is 17.6 Å². The Morgan fingerprint density at radius 3 is 2.19 bits per heavy atom. The number of alkyl halides is 3. The van der Waals surface area contributed by atoms with Gasteiger partial charge in [-0.1, -0.05) is 6.07 Å². The first kappa shape index (κ1) is 12.8. The van der Waals surface area contributed by atoms with Gasteiger partial charge in [-0.15, -0.1) is 0 Å². The van der Waals surface area contributed by atoms with Crippen molar-refractivity contribution in [1.82, 2.24) is 0 Å². The lowest BCUT2D eigenvalue weighted by atomic mass is 9.79. The lowest BCUT2D eigenvalue weighted by Crippen LogP contribution is -2.33. The van der Waals surface area contributed by atoms with E-state index in [1.54, 1.807) is 0 Å². The summed E-state index contributed by atoms with van der Waals surface area (Å²) in [4.78, 5) is 0. The maximum Gasteiger partial charge on any atom is 0.491 e. The van der Waals surface area contributed by atoms with Crippen molar-refractivity contribution in [3.8, 4) is 5.75 Å². The van der Waals surface area contributed by atoms with Gasteiger partial charge in [-0.05, 0) is 6.07 Å². The van der Waals surface area contributed by atoms with Crippen LogP contribution in [-0.4, -0.2) is 24.3 Å². The number of ether oxygens (including phenoxy) is 1. The Labute approximate surface area is 88.4 Å². The van der Waals surface area contributed by atoms with Crippen LogP contribution in [0, 0.1) is 5.82 Å². The zero-order valence-electron chi connectivity index (χ0n) is 8.05. The van der Waals surface area contributed by atoms with Crippen molar-refractivity contribution in [3.63, 3.8) is 0 Å². The minimum absolute atomic E-state index is 0.524. The lowest BCUT2D eigenvalue weighted by molar-refractivity contribution is -0.139. The van der Waals surface area contributed by atoms with Crippen LogP contribution < -0.4 is 10.2 Å². The normalized spacial score (nSPS) is 11.4. The predicted molar refractivity (Wildman–Crippen MR) is 47.8 cm³/mol. The number of hydrogen-bond donors (Lipinski definition) is 2. The maximum atomic E-state index is 13.4. The summed E-state index contributed by atoms with van der Waals surface area (Å²) in [5.41, 5.74) is -1.98. The second-order valence-corrected chi connectivity index (χ2v) is 2.92. The molecule has 3 nitrogen and oxygen atoms in total. The molecule has 0 aliphatic rings. The summed E-state index contributed by atoms with van der Waals surface area (Å²) < 4.78 is 54.8. The third-order valence-corrected chi connectivity index (χ3v) is 1.91. The Kier molecular flexibility index (Phi) is 3.44. The molecule has 88 valence electrons. The molecule has 0 unspecified atom stereocenters. The molecule has 16 heavy (non-hydrogen) atoms. The average Bonchev–Trinajstić information content (AvgIpc) is 2.15. The van der Waals surface area contributed by atoms with Crippen molar-refractivity contribution >= 4 is 12.6 Å². The van der Waals surface area contributed by atoms with Gasteiger partial charge in [0.05, 0.1) is 7.11 Å². The van der Waals surface area contributed by atoms with Crippen LogP contribution in [0.25, 0.3) is 0 Å². The van der Waals surface area contributed by atoms with Crippen molar-refractivity contribution < 1.29 is 32.3 Å². The first-order chi connectivity index (χ1) is 7.29. The van der Waals surface area contributed by atoms with E-state index in [0.717, 1.165) is 7.11 Å². The summed E-state index contributed by atoms with van der Waals surface area (Å²) in [7, 11) is -1.34. The molecule has 1 aromatic rings. The van der Waals surface area contributed by atoms with Crippen molar-refractivity contribution in [2.24, 2.45) is 0 Å². The number of benzene rings is 1. The molecule has 0 bridgehead atoms. The topological polar surface area (TPSA) is 49.7 Å². The van der Waals surface area contributed by atoms with Gasteiger partial charge in [0, 0.05) is 5.46 Å². The summed E-state index contributed by atoms with van der Waals surface area (Å²) in [5, 5.41) is 17.4. The van der Waals surface area contributed by atoms with E-state index in [1.165, 1.54) is 0 Å². The largest absolute Gasteiger partial charge is 0.493 e. The van der Waals surface area contributed by atoms with Gasteiger partial charge in [0.1, 0.15) is 5.56 Å². The smallest absolute Gasteiger partial charge is 0.491 e. The molecule has 1 aromatic carbocycles. The Balaban J connectivity index is 3.41. The molecule has 0 radical (unpaired) electrons. The minimum atomic E-state index is -4.77. The van der Waals surface area contributed by atoms with Crippen molar-refractivity contribution in [3.05, 3.63) is 23.5 Å². The van der Waals surface area contributed by atoms with Gasteiger partial charge < -0.3 is 14.8 Å². The molecular formula is C8H7BF4O3. The fourth-order valence-electron chi connectivity index (χ4n) is 1.19. The summed E-state index contributed by atoms with van der Waals surface area (Å²) in [5.74, 6) is -2.49. The molecule has 2 N–H and O–H groups in total. The predicted octanol–water partition coefficient (Wildman–Crippen LogP) is 0.533. The van der Waals surface area contributed by atoms with E-state index in [2.05, 4.69) is 4.74 Å². The number of rotatable bonds is 2. The minimum Gasteiger partial charge on any atom is -0.493 e. The van der Waals surface area contributed by atoms with Gasteiger partial charge in [-0.2, -0.15) is 13.2 Å². The van der Waals surface area contributed by atoms with Crippen LogP contribution in [0.2, 0.25) is 0 Å². The van der Waals surface area contributed by atoms with Crippen LogP contribution in [0.4, 0.5) is 17.6 Å². The summed E-state index contributed by atoms with van der Waals surface area (Å²) in [6, 6.07) is 1.17. The number of methoxy groups -OCH3 is 1. The second-order valence-electron chi connectivity index (χ2n) is 2.92. The first-order valence-corrected chi connectivity index (χ1v) is 4.08. The summed E-state index contributed by atoms with van der Waals surface area (Å²) in [6.07, 6.45) is -4.77. The van der Waals surface area contributed by atoms with Crippen LogP contribution in [0.1, 0.15) is 5.56 Å². The molecule has 0 fully saturated rings. The molecular weight excluding hydrogens is 231 g/mol. The molecule has 0 aliphatic carbocycles. The number of hydrogen-bond acceptors (Lipinski definition) is 3. The van der Waals surface area contributed by atoms with Crippen LogP contribution in [0.3, 0.4) is 0 Å². The van der Waals surface area contributed by atoms with E-state index in [0.29, 0.717) is 12.1 Å². The first-order valence-electron chi connectivity index (χ1n) is 4.08. The second kappa shape index (κ2) is 4.30. The van der Waals surface area contributed by atoms with E-state index >= 15 is 0 Å². The van der Waals surface area contributed by atoms with Crippen molar-refractivity contribution in [2.45, 2.75) is 6.18 Å². The molecule has 0 amide bonds. The number of halogens is 4. The zero-order chi connectivity index (χ0) is 12.5. The summed E-state index contributed by atoms with van der Waals surface area (Å²) in [6.45, 7) is 0. The molecule has 8 heteroatoms. The van der Waals surface area contributed by atoms with Gasteiger partial charge >= 0.3 is 13.3 Å². The standard InChI is InChI=1S/C8H7BF4O3/c1-16-7-4(8(11,12)13)2-3-5(6(7)10)9(14)15/h2-3,14-15H,1H3. The molecule has 0 atom stereocenters. The lowest BCUT2D eigenvalue weighted by Gasteiger charge is -2.14. The van der Waals surface area contributed by atoms with Crippen LogP contribution >= 0.6 is 0 Å². The van der Waals surface area contributed by atoms with E-state index in [4.69, 9.17) is 10.0 Å². The van der Waals surface area contributed by atoms with E-state index in [1.807, 2.05) is 0 Å². The van der Waals surface area contributed by atoms with Crippen LogP contribution in [0.5, 0.6) is 5.75 Å². The maximum absolute atomic E-state index is 13.4. The van der Waals surface area contributed by atoms with Crippen molar-refractivity contribution in [1.29, 1.82) is 0 Å². The van der Waals surface area contributed by atoms with Gasteiger partial charge in [-0.3, -0.25) is 0 Å². The Morgan fingerprint density at radius 1 is 1.25 bits per heavy atom. The van der Waals surface area contributed by atoms with Gasteiger partial charge in [0.2, 0.25) is 0 Å². The highest BCUT2D eigenvalue weighted by Gasteiger charge is 2.37. The molecule has 1 rings (SSSR count). The molecule has 0 aromatic heterocycles. The quantitative estimate of drug-likeness (QED) is 0.583. The van der Waals surface area contributed by atoms with Crippen LogP contribution in [0.15, 0.2) is 12.1 Å². The Morgan fingerprint density at radius 2 is 1.81 bits per heavy atom. The zero-order valence-corrected chi connectivity index (χ0v) is 8.05. The van der Waals surface area contributed by atoms with E-state index in [-0.39, 0.29) is 0 Å². The van der Waals surface area contributed by atoms with Crippen LogP contribution in [-0.2, 0) is 6.18 Å².